The van der Waals surface area contributed by atoms with Crippen molar-refractivity contribution in [2.75, 3.05) is 6.61 Å². The van der Waals surface area contributed by atoms with Gasteiger partial charge in [-0.1, -0.05) is 11.8 Å². The van der Waals surface area contributed by atoms with Crippen molar-refractivity contribution in [3.8, 4) is 17.6 Å². The Morgan fingerprint density at radius 1 is 1.44 bits per heavy atom. The highest BCUT2D eigenvalue weighted by atomic mass is 127. The van der Waals surface area contributed by atoms with Crippen molar-refractivity contribution in [1.82, 2.24) is 0 Å². The molecular weight excluding hydrogens is 343 g/mol. The van der Waals surface area contributed by atoms with E-state index in [9.17, 15) is 4.79 Å². The summed E-state index contributed by atoms with van der Waals surface area (Å²) in [6.45, 7) is 6.22. The fraction of sp³-hybridized carbons (Fsp3) is 0.357. The van der Waals surface area contributed by atoms with Crippen molar-refractivity contribution in [2.24, 2.45) is 5.41 Å². The Labute approximate surface area is 121 Å². The molecule has 1 aromatic carbocycles. The van der Waals surface area contributed by atoms with E-state index in [1.54, 1.807) is 18.2 Å². The number of benzene rings is 1. The fourth-order valence-corrected chi connectivity index (χ4v) is 1.70. The van der Waals surface area contributed by atoms with Gasteiger partial charge in [-0.2, -0.15) is 0 Å². The van der Waals surface area contributed by atoms with Gasteiger partial charge < -0.3 is 9.84 Å². The van der Waals surface area contributed by atoms with Crippen LogP contribution in [0.5, 0.6) is 5.75 Å². The molecule has 4 heteroatoms. The maximum atomic E-state index is 11.0. The third kappa shape index (κ3) is 4.96. The highest BCUT2D eigenvalue weighted by molar-refractivity contribution is 14.1. The second kappa shape index (κ2) is 6.10. The summed E-state index contributed by atoms with van der Waals surface area (Å²) in [6.07, 6.45) is 0. The molecule has 0 atom stereocenters. The van der Waals surface area contributed by atoms with Crippen LogP contribution in [-0.2, 0) is 0 Å². The molecule has 0 unspecified atom stereocenters. The maximum absolute atomic E-state index is 11.0. The van der Waals surface area contributed by atoms with Crippen LogP contribution in [0.2, 0.25) is 0 Å². The van der Waals surface area contributed by atoms with Gasteiger partial charge in [0.25, 0.3) is 0 Å². The van der Waals surface area contributed by atoms with E-state index in [1.807, 2.05) is 20.8 Å². The van der Waals surface area contributed by atoms with E-state index in [2.05, 4.69) is 34.4 Å². The fourth-order valence-electron chi connectivity index (χ4n) is 1.21. The van der Waals surface area contributed by atoms with Crippen LogP contribution in [0.3, 0.4) is 0 Å². The number of halogens is 1. The average molecular weight is 358 g/mol. The van der Waals surface area contributed by atoms with Gasteiger partial charge in [0.2, 0.25) is 0 Å². The summed E-state index contributed by atoms with van der Waals surface area (Å²) >= 11 is 2.06. The molecule has 0 aromatic heterocycles. The number of carboxylic acid groups (broad SMARTS) is 1. The Morgan fingerprint density at radius 2 is 2.11 bits per heavy atom. The molecule has 1 N–H and O–H groups in total. The van der Waals surface area contributed by atoms with Crippen LogP contribution >= 0.6 is 22.6 Å². The molecule has 0 fully saturated rings. The molecule has 0 aliphatic heterocycles. The quantitative estimate of drug-likeness (QED) is 0.665. The van der Waals surface area contributed by atoms with E-state index in [4.69, 9.17) is 9.84 Å². The molecule has 0 saturated heterocycles. The van der Waals surface area contributed by atoms with Crippen LogP contribution in [0.1, 0.15) is 31.1 Å². The van der Waals surface area contributed by atoms with Crippen LogP contribution in [0, 0.1) is 20.8 Å². The number of hydrogen-bond acceptors (Lipinski definition) is 2. The van der Waals surface area contributed by atoms with Gasteiger partial charge in [0.05, 0.1) is 0 Å². The molecule has 0 radical (unpaired) electrons. The summed E-state index contributed by atoms with van der Waals surface area (Å²) < 4.78 is 6.25. The molecule has 0 saturated carbocycles. The number of aromatic carboxylic acids is 1. The van der Waals surface area contributed by atoms with Crippen LogP contribution < -0.4 is 4.74 Å². The number of carbonyl (C=O) groups is 1. The van der Waals surface area contributed by atoms with E-state index < -0.39 is 5.97 Å². The highest BCUT2D eigenvalue weighted by Crippen LogP contribution is 2.21. The number of ether oxygens (including phenoxy) is 1. The van der Waals surface area contributed by atoms with E-state index >= 15 is 0 Å². The summed E-state index contributed by atoms with van der Waals surface area (Å²) in [5.41, 5.74) is 0.0878. The second-order valence-corrected chi connectivity index (χ2v) is 6.03. The average Bonchev–Trinajstić information content (AvgIpc) is 2.24. The van der Waals surface area contributed by atoms with E-state index in [1.165, 1.54) is 0 Å². The lowest BCUT2D eigenvalue weighted by Gasteiger charge is -2.08. The second-order valence-electron chi connectivity index (χ2n) is 4.79. The number of hydrogen-bond donors (Lipinski definition) is 1. The molecule has 0 aliphatic rings. The Bertz CT molecular complexity index is 504. The lowest BCUT2D eigenvalue weighted by atomic mass is 9.98. The van der Waals surface area contributed by atoms with Gasteiger partial charge in [0.15, 0.2) is 0 Å². The zero-order chi connectivity index (χ0) is 13.8. The van der Waals surface area contributed by atoms with Gasteiger partial charge in [0, 0.05) is 8.99 Å². The highest BCUT2D eigenvalue weighted by Gasteiger charge is 2.11. The standard InChI is InChI=1S/C14H15IO3/c1-14(2,3)7-4-8-18-12-6-5-10(15)9-11(12)13(16)17/h5-6,9H,8H2,1-3H3,(H,16,17). The minimum Gasteiger partial charge on any atom is -0.480 e. The first-order valence-electron chi connectivity index (χ1n) is 5.45. The first-order chi connectivity index (χ1) is 8.29. The minimum absolute atomic E-state index is 0.0783. The van der Waals surface area contributed by atoms with Crippen molar-refractivity contribution in [3.05, 3.63) is 27.3 Å². The van der Waals surface area contributed by atoms with Crippen molar-refractivity contribution in [2.45, 2.75) is 20.8 Å². The Balaban J connectivity index is 2.79. The largest absolute Gasteiger partial charge is 0.480 e. The molecule has 96 valence electrons. The summed E-state index contributed by atoms with van der Waals surface area (Å²) in [4.78, 5) is 11.0. The van der Waals surface area contributed by atoms with E-state index in [0.29, 0.717) is 5.75 Å². The van der Waals surface area contributed by atoms with Crippen molar-refractivity contribution >= 4 is 28.6 Å². The summed E-state index contributed by atoms with van der Waals surface area (Å²) in [7, 11) is 0. The van der Waals surface area contributed by atoms with Gasteiger partial charge in [-0.05, 0) is 61.6 Å². The lowest BCUT2D eigenvalue weighted by molar-refractivity contribution is 0.0693. The smallest absolute Gasteiger partial charge is 0.339 e. The predicted octanol–water partition coefficient (Wildman–Crippen LogP) is 3.42. The Morgan fingerprint density at radius 3 is 2.67 bits per heavy atom. The number of carboxylic acids is 1. The minimum atomic E-state index is -0.993. The normalized spacial score (nSPS) is 10.4. The van der Waals surface area contributed by atoms with Gasteiger partial charge in [-0.15, -0.1) is 0 Å². The zero-order valence-electron chi connectivity index (χ0n) is 10.6. The van der Waals surface area contributed by atoms with Gasteiger partial charge in [-0.25, -0.2) is 4.79 Å². The lowest BCUT2D eigenvalue weighted by Crippen LogP contribution is -2.05. The number of rotatable bonds is 3. The topological polar surface area (TPSA) is 46.5 Å². The molecule has 0 heterocycles. The monoisotopic (exact) mass is 358 g/mol. The Hall–Kier alpha value is -1.22. The van der Waals surface area contributed by atoms with Crippen molar-refractivity contribution in [1.29, 1.82) is 0 Å². The summed E-state index contributed by atoms with van der Waals surface area (Å²) in [6, 6.07) is 5.04. The third-order valence-electron chi connectivity index (χ3n) is 1.94. The van der Waals surface area contributed by atoms with Crippen LogP contribution in [0.15, 0.2) is 18.2 Å². The molecule has 0 amide bonds. The van der Waals surface area contributed by atoms with Gasteiger partial charge in [-0.3, -0.25) is 0 Å². The summed E-state index contributed by atoms with van der Waals surface area (Å²) in [5, 5.41) is 9.06. The van der Waals surface area contributed by atoms with Crippen LogP contribution in [0.4, 0.5) is 0 Å². The molecule has 1 aromatic rings. The van der Waals surface area contributed by atoms with Gasteiger partial charge >= 0.3 is 5.97 Å². The zero-order valence-corrected chi connectivity index (χ0v) is 12.7. The van der Waals surface area contributed by atoms with Crippen molar-refractivity contribution in [3.63, 3.8) is 0 Å². The molecule has 0 aliphatic carbocycles. The van der Waals surface area contributed by atoms with Gasteiger partial charge in [0.1, 0.15) is 17.9 Å². The Kier molecular flexibility index (Phi) is 5.03. The molecule has 1 rings (SSSR count). The van der Waals surface area contributed by atoms with E-state index in [0.717, 1.165) is 3.57 Å². The first kappa shape index (κ1) is 14.8. The van der Waals surface area contributed by atoms with E-state index in [-0.39, 0.29) is 17.6 Å². The third-order valence-corrected chi connectivity index (χ3v) is 2.61. The molecule has 18 heavy (non-hydrogen) atoms. The molecule has 3 nitrogen and oxygen atoms in total. The van der Waals surface area contributed by atoms with Crippen molar-refractivity contribution < 1.29 is 14.6 Å². The van der Waals surface area contributed by atoms with Crippen LogP contribution in [0.25, 0.3) is 0 Å². The molecule has 0 spiro atoms. The molecule has 0 bridgehead atoms. The predicted molar refractivity (Wildman–Crippen MR) is 78.8 cm³/mol. The van der Waals surface area contributed by atoms with Crippen LogP contribution in [-0.4, -0.2) is 17.7 Å². The maximum Gasteiger partial charge on any atom is 0.339 e. The summed E-state index contributed by atoms with van der Waals surface area (Å²) in [5.74, 6) is 5.28. The molecular formula is C14H15IO3. The SMILES string of the molecule is CC(C)(C)C#CCOc1ccc(I)cc1C(=O)O. The first-order valence-corrected chi connectivity index (χ1v) is 6.53.